The summed E-state index contributed by atoms with van der Waals surface area (Å²) in [4.78, 5) is 25.2. The molecule has 0 spiro atoms. The fourth-order valence-corrected chi connectivity index (χ4v) is 3.39. The maximum Gasteiger partial charge on any atom is 0.261 e. The molecule has 2 amide bonds. The van der Waals surface area contributed by atoms with Crippen LogP contribution in [0.25, 0.3) is 0 Å². The number of rotatable bonds is 8. The van der Waals surface area contributed by atoms with Gasteiger partial charge in [-0.2, -0.15) is 0 Å². The van der Waals surface area contributed by atoms with Gasteiger partial charge in [0.1, 0.15) is 5.75 Å². The van der Waals surface area contributed by atoms with E-state index in [1.54, 1.807) is 42.5 Å². The molecule has 176 valence electrons. The number of hydrogen-bond donors (Lipinski definition) is 3. The Balaban J connectivity index is 1.59. The number of nitrogens with one attached hydrogen (secondary N) is 3. The van der Waals surface area contributed by atoms with E-state index in [1.807, 2.05) is 37.3 Å². The molecule has 0 aromatic heterocycles. The van der Waals surface area contributed by atoms with E-state index in [-0.39, 0.29) is 16.9 Å². The molecule has 3 N–H and O–H groups in total. The van der Waals surface area contributed by atoms with Crippen LogP contribution in [-0.4, -0.2) is 23.5 Å². The van der Waals surface area contributed by atoms with Crippen LogP contribution in [0.15, 0.2) is 72.8 Å². The zero-order valence-corrected chi connectivity index (χ0v) is 20.4. The third kappa shape index (κ3) is 7.15. The predicted octanol–water partition coefficient (Wildman–Crippen LogP) is 5.80. The summed E-state index contributed by atoms with van der Waals surface area (Å²) in [6, 6.07) is 21.5. The summed E-state index contributed by atoms with van der Waals surface area (Å²) in [6.45, 7) is 6.67. The molecular weight excluding hydrogens is 446 g/mol. The van der Waals surface area contributed by atoms with Gasteiger partial charge < -0.3 is 15.4 Å². The Labute approximate surface area is 205 Å². The molecule has 0 fully saturated rings. The van der Waals surface area contributed by atoms with E-state index in [9.17, 15) is 9.59 Å². The van der Waals surface area contributed by atoms with Crippen molar-refractivity contribution in [1.29, 1.82) is 0 Å². The van der Waals surface area contributed by atoms with Gasteiger partial charge in [-0.15, -0.1) is 0 Å². The number of amides is 2. The van der Waals surface area contributed by atoms with E-state index in [2.05, 4.69) is 29.8 Å². The molecule has 34 heavy (non-hydrogen) atoms. The van der Waals surface area contributed by atoms with Crippen LogP contribution in [0.4, 0.5) is 11.4 Å². The van der Waals surface area contributed by atoms with Gasteiger partial charge in [-0.25, -0.2) is 0 Å². The van der Waals surface area contributed by atoms with Crippen LogP contribution in [0.5, 0.6) is 5.75 Å². The number of benzene rings is 3. The van der Waals surface area contributed by atoms with Crippen LogP contribution in [0.2, 0.25) is 0 Å². The van der Waals surface area contributed by atoms with Crippen LogP contribution in [0, 0.1) is 12.8 Å². The van der Waals surface area contributed by atoms with E-state index in [4.69, 9.17) is 17.0 Å². The first-order valence-electron chi connectivity index (χ1n) is 11.1. The predicted molar refractivity (Wildman–Crippen MR) is 141 cm³/mol. The Hall–Kier alpha value is -3.71. The number of aryl methyl sites for hydroxylation is 1. The minimum Gasteiger partial charge on any atom is -0.493 e. The van der Waals surface area contributed by atoms with Gasteiger partial charge in [0.2, 0.25) is 0 Å². The second-order valence-corrected chi connectivity index (χ2v) is 8.69. The maximum atomic E-state index is 12.8. The van der Waals surface area contributed by atoms with Crippen molar-refractivity contribution in [1.82, 2.24) is 5.32 Å². The maximum absolute atomic E-state index is 12.8. The van der Waals surface area contributed by atoms with Crippen molar-refractivity contribution in [3.8, 4) is 5.75 Å². The third-order valence-electron chi connectivity index (χ3n) is 5.08. The largest absolute Gasteiger partial charge is 0.493 e. The zero-order valence-electron chi connectivity index (χ0n) is 19.6. The van der Waals surface area contributed by atoms with Crippen molar-refractivity contribution >= 4 is 40.5 Å². The molecule has 3 aromatic rings. The average Bonchev–Trinajstić information content (AvgIpc) is 2.81. The zero-order chi connectivity index (χ0) is 24.5. The van der Waals surface area contributed by atoms with Crippen molar-refractivity contribution in [3.05, 3.63) is 89.5 Å². The van der Waals surface area contributed by atoms with Crippen molar-refractivity contribution in [2.24, 2.45) is 5.92 Å². The van der Waals surface area contributed by atoms with Crippen molar-refractivity contribution in [3.63, 3.8) is 0 Å². The van der Waals surface area contributed by atoms with Crippen molar-refractivity contribution < 1.29 is 14.3 Å². The average molecular weight is 476 g/mol. The highest BCUT2D eigenvalue weighted by Crippen LogP contribution is 2.21. The molecule has 0 heterocycles. The minimum atomic E-state index is -0.346. The number of hydrogen-bond acceptors (Lipinski definition) is 4. The molecule has 0 unspecified atom stereocenters. The fourth-order valence-electron chi connectivity index (χ4n) is 3.18. The van der Waals surface area contributed by atoms with Gasteiger partial charge in [0.25, 0.3) is 11.8 Å². The summed E-state index contributed by atoms with van der Waals surface area (Å²) in [5.41, 5.74) is 3.25. The molecular formula is C27H29N3O3S. The van der Waals surface area contributed by atoms with E-state index < -0.39 is 0 Å². The van der Waals surface area contributed by atoms with E-state index in [0.717, 1.165) is 12.0 Å². The number of carbonyl (C=O) groups excluding carboxylic acids is 2. The van der Waals surface area contributed by atoms with Gasteiger partial charge in [-0.05, 0) is 79.5 Å². The summed E-state index contributed by atoms with van der Waals surface area (Å²) in [5.74, 6) is 0.514. The summed E-state index contributed by atoms with van der Waals surface area (Å²) < 4.78 is 5.80. The van der Waals surface area contributed by atoms with Gasteiger partial charge in [0.15, 0.2) is 5.11 Å². The lowest BCUT2D eigenvalue weighted by molar-refractivity contribution is 0.0972. The van der Waals surface area contributed by atoms with E-state index >= 15 is 0 Å². The Morgan fingerprint density at radius 1 is 0.912 bits per heavy atom. The lowest BCUT2D eigenvalue weighted by Gasteiger charge is -2.15. The van der Waals surface area contributed by atoms with Crippen LogP contribution < -0.4 is 20.7 Å². The second kappa shape index (κ2) is 12.0. The monoisotopic (exact) mass is 475 g/mol. The molecule has 0 aliphatic carbocycles. The molecule has 0 atom stereocenters. The SMILES string of the molecule is Cc1cc(NC(=S)NC(=O)c2ccccc2OCCC(C)C)ccc1NC(=O)c1ccccc1. The van der Waals surface area contributed by atoms with Crippen LogP contribution in [0.3, 0.4) is 0 Å². The Kier molecular flexibility index (Phi) is 8.76. The highest BCUT2D eigenvalue weighted by molar-refractivity contribution is 7.80. The normalized spacial score (nSPS) is 10.5. The highest BCUT2D eigenvalue weighted by Gasteiger charge is 2.14. The van der Waals surface area contributed by atoms with Gasteiger partial charge >= 0.3 is 0 Å². The molecule has 0 radical (unpaired) electrons. The van der Waals surface area contributed by atoms with Crippen molar-refractivity contribution in [2.75, 3.05) is 17.2 Å². The first-order chi connectivity index (χ1) is 16.3. The molecule has 0 bridgehead atoms. The Morgan fingerprint density at radius 3 is 2.32 bits per heavy atom. The number of carbonyl (C=O) groups is 2. The van der Waals surface area contributed by atoms with Crippen molar-refractivity contribution in [2.45, 2.75) is 27.2 Å². The van der Waals surface area contributed by atoms with E-state index in [0.29, 0.717) is 40.8 Å². The number of anilines is 2. The molecule has 7 heteroatoms. The number of thiocarbonyl (C=S) groups is 1. The topological polar surface area (TPSA) is 79.5 Å². The van der Waals surface area contributed by atoms with E-state index in [1.165, 1.54) is 0 Å². The minimum absolute atomic E-state index is 0.169. The lowest BCUT2D eigenvalue weighted by atomic mass is 10.1. The highest BCUT2D eigenvalue weighted by atomic mass is 32.1. The number of para-hydroxylation sites is 1. The van der Waals surface area contributed by atoms with Gasteiger partial charge in [-0.1, -0.05) is 44.2 Å². The standard InChI is InChI=1S/C27H29N3O3S/c1-18(2)15-16-33-24-12-8-7-11-22(24)26(32)30-27(34)28-21-13-14-23(19(3)17-21)29-25(31)20-9-5-4-6-10-20/h4-14,17-18H,15-16H2,1-3H3,(H,29,31)(H2,28,30,32,34). The van der Waals surface area contributed by atoms with Crippen LogP contribution >= 0.6 is 12.2 Å². The summed E-state index contributed by atoms with van der Waals surface area (Å²) >= 11 is 5.33. The number of ether oxygens (including phenoxy) is 1. The summed E-state index contributed by atoms with van der Waals surface area (Å²) in [6.07, 6.45) is 0.900. The summed E-state index contributed by atoms with van der Waals surface area (Å²) in [7, 11) is 0. The molecule has 6 nitrogen and oxygen atoms in total. The third-order valence-corrected chi connectivity index (χ3v) is 5.28. The molecule has 0 aliphatic heterocycles. The first-order valence-corrected chi connectivity index (χ1v) is 11.6. The smallest absolute Gasteiger partial charge is 0.261 e. The van der Waals surface area contributed by atoms with Gasteiger partial charge in [0, 0.05) is 16.9 Å². The molecule has 3 aromatic carbocycles. The van der Waals surface area contributed by atoms with Gasteiger partial charge in [-0.3, -0.25) is 14.9 Å². The molecule has 0 saturated carbocycles. The first kappa shape index (κ1) is 24.9. The Bertz CT molecular complexity index is 1160. The van der Waals surface area contributed by atoms with Crippen LogP contribution in [-0.2, 0) is 0 Å². The summed E-state index contributed by atoms with van der Waals surface area (Å²) in [5, 5.41) is 8.80. The second-order valence-electron chi connectivity index (χ2n) is 8.29. The van der Waals surface area contributed by atoms with Gasteiger partial charge in [0.05, 0.1) is 12.2 Å². The lowest BCUT2D eigenvalue weighted by Crippen LogP contribution is -2.34. The quantitative estimate of drug-likeness (QED) is 0.359. The molecule has 0 aliphatic rings. The Morgan fingerprint density at radius 2 is 1.62 bits per heavy atom. The molecule has 0 saturated heterocycles. The fraction of sp³-hybridized carbons (Fsp3) is 0.222. The molecule has 3 rings (SSSR count). The van der Waals surface area contributed by atoms with Crippen LogP contribution in [0.1, 0.15) is 46.5 Å².